The number of esters is 2. The van der Waals surface area contributed by atoms with Crippen molar-refractivity contribution in [1.82, 2.24) is 0 Å². The van der Waals surface area contributed by atoms with E-state index in [1.165, 1.54) is 0 Å². The van der Waals surface area contributed by atoms with Gasteiger partial charge in [0.05, 0.1) is 24.4 Å². The Kier molecular flexibility index (Phi) is 6.76. The number of carbonyl (C=O) groups excluding carboxylic acids is 2. The topological polar surface area (TPSA) is 52.6 Å². The fraction of sp³-hybridized carbons (Fsp3) is 0.750. The summed E-state index contributed by atoms with van der Waals surface area (Å²) in [6, 6.07) is 0. The smallest absolute Gasteiger partial charge is 0.334 e. The summed E-state index contributed by atoms with van der Waals surface area (Å²) in [5, 5.41) is 0. The van der Waals surface area contributed by atoms with Crippen LogP contribution in [0.2, 0.25) is 0 Å². The lowest BCUT2D eigenvalue weighted by atomic mass is 9.87. The first kappa shape index (κ1) is 16.7. The highest BCUT2D eigenvalue weighted by atomic mass is 16.5. The van der Waals surface area contributed by atoms with Crippen molar-refractivity contribution in [2.45, 2.75) is 53.4 Å². The lowest BCUT2D eigenvalue weighted by Gasteiger charge is -2.20. The molecule has 0 N–H and O–H groups in total. The van der Waals surface area contributed by atoms with E-state index in [1.54, 1.807) is 13.8 Å². The summed E-state index contributed by atoms with van der Waals surface area (Å²) in [6.45, 7) is 8.03. The molecular formula is C16H26O4. The van der Waals surface area contributed by atoms with Gasteiger partial charge in [-0.1, -0.05) is 26.7 Å². The molecule has 0 unspecified atom stereocenters. The molecule has 0 atom stereocenters. The summed E-state index contributed by atoms with van der Waals surface area (Å²) >= 11 is 0. The third-order valence-corrected chi connectivity index (χ3v) is 3.62. The fourth-order valence-corrected chi connectivity index (χ4v) is 2.79. The summed E-state index contributed by atoms with van der Waals surface area (Å²) < 4.78 is 10.3. The quantitative estimate of drug-likeness (QED) is 0.554. The van der Waals surface area contributed by atoms with Crippen LogP contribution < -0.4 is 0 Å². The van der Waals surface area contributed by atoms with Gasteiger partial charge in [0.1, 0.15) is 0 Å². The monoisotopic (exact) mass is 282 g/mol. The van der Waals surface area contributed by atoms with E-state index >= 15 is 0 Å². The molecule has 0 aromatic carbocycles. The van der Waals surface area contributed by atoms with Crippen LogP contribution in [0, 0.1) is 11.8 Å². The van der Waals surface area contributed by atoms with Gasteiger partial charge in [-0.3, -0.25) is 0 Å². The Morgan fingerprint density at radius 2 is 1.50 bits per heavy atom. The lowest BCUT2D eigenvalue weighted by Crippen LogP contribution is -2.23. The molecule has 0 saturated heterocycles. The van der Waals surface area contributed by atoms with Crippen LogP contribution in [-0.2, 0) is 19.1 Å². The summed E-state index contributed by atoms with van der Waals surface area (Å²) in [6.07, 6.45) is 4.09. The largest absolute Gasteiger partial charge is 0.463 e. The van der Waals surface area contributed by atoms with Gasteiger partial charge in [-0.15, -0.1) is 0 Å². The maximum absolute atomic E-state index is 12.3. The molecule has 0 aromatic heterocycles. The van der Waals surface area contributed by atoms with Crippen molar-refractivity contribution in [3.8, 4) is 0 Å². The molecule has 0 aromatic rings. The van der Waals surface area contributed by atoms with Crippen LogP contribution in [-0.4, -0.2) is 25.2 Å². The fourth-order valence-electron chi connectivity index (χ4n) is 2.79. The predicted molar refractivity (Wildman–Crippen MR) is 77.1 cm³/mol. The Balaban J connectivity index is 3.21. The average Bonchev–Trinajstić information content (AvgIpc) is 2.88. The van der Waals surface area contributed by atoms with Crippen molar-refractivity contribution in [2.24, 2.45) is 11.8 Å². The van der Waals surface area contributed by atoms with Crippen molar-refractivity contribution in [3.63, 3.8) is 0 Å². The van der Waals surface area contributed by atoms with E-state index < -0.39 is 0 Å². The standard InChI is InChI=1S/C16H26O4/c1-5-19-15(17)13(11(3)4)14(16(18)20-6-2)12-9-7-8-10-12/h11-12H,5-10H2,1-4H3/b14-13-. The maximum atomic E-state index is 12.3. The van der Waals surface area contributed by atoms with Crippen molar-refractivity contribution in [3.05, 3.63) is 11.1 Å². The second-order valence-corrected chi connectivity index (χ2v) is 5.40. The van der Waals surface area contributed by atoms with Crippen LogP contribution in [0.1, 0.15) is 53.4 Å². The van der Waals surface area contributed by atoms with Crippen LogP contribution in [0.5, 0.6) is 0 Å². The molecule has 0 radical (unpaired) electrons. The van der Waals surface area contributed by atoms with E-state index in [1.807, 2.05) is 13.8 Å². The number of ether oxygens (including phenoxy) is 2. The molecule has 0 spiro atoms. The number of carbonyl (C=O) groups is 2. The number of rotatable bonds is 6. The highest BCUT2D eigenvalue weighted by Crippen LogP contribution is 2.35. The van der Waals surface area contributed by atoms with Crippen molar-refractivity contribution < 1.29 is 19.1 Å². The van der Waals surface area contributed by atoms with Gasteiger partial charge >= 0.3 is 11.9 Å². The zero-order chi connectivity index (χ0) is 15.1. The lowest BCUT2D eigenvalue weighted by molar-refractivity contribution is -0.142. The van der Waals surface area contributed by atoms with Crippen LogP contribution in [0.15, 0.2) is 11.1 Å². The first-order chi connectivity index (χ1) is 9.52. The zero-order valence-corrected chi connectivity index (χ0v) is 13.0. The minimum absolute atomic E-state index is 0.0472. The molecule has 4 heteroatoms. The molecule has 0 amide bonds. The second-order valence-electron chi connectivity index (χ2n) is 5.40. The highest BCUT2D eigenvalue weighted by Gasteiger charge is 2.32. The van der Waals surface area contributed by atoms with Gasteiger partial charge in [-0.25, -0.2) is 9.59 Å². The van der Waals surface area contributed by atoms with E-state index in [0.29, 0.717) is 24.4 Å². The molecule has 1 fully saturated rings. The third-order valence-electron chi connectivity index (χ3n) is 3.62. The minimum Gasteiger partial charge on any atom is -0.463 e. The Morgan fingerprint density at radius 1 is 1.00 bits per heavy atom. The molecule has 1 saturated carbocycles. The first-order valence-corrected chi connectivity index (χ1v) is 7.61. The summed E-state index contributed by atoms with van der Waals surface area (Å²) in [7, 11) is 0. The van der Waals surface area contributed by atoms with Gasteiger partial charge in [0.25, 0.3) is 0 Å². The molecule has 0 heterocycles. The van der Waals surface area contributed by atoms with E-state index in [9.17, 15) is 9.59 Å². The summed E-state index contributed by atoms with van der Waals surface area (Å²) in [5.74, 6) is -0.640. The third kappa shape index (κ3) is 4.09. The molecule has 20 heavy (non-hydrogen) atoms. The minimum atomic E-state index is -0.377. The molecule has 1 aliphatic rings. The SMILES string of the molecule is CCOC(=O)/C(=C(\C(=O)OCC)C1CCCC1)C(C)C. The van der Waals surface area contributed by atoms with Crippen LogP contribution in [0.3, 0.4) is 0 Å². The predicted octanol–water partition coefficient (Wildman–Crippen LogP) is 3.26. The normalized spacial score (nSPS) is 17.1. The van der Waals surface area contributed by atoms with Gasteiger partial charge in [0.2, 0.25) is 0 Å². The Bertz CT molecular complexity index is 376. The van der Waals surface area contributed by atoms with Gasteiger partial charge in [-0.05, 0) is 38.5 Å². The first-order valence-electron chi connectivity index (χ1n) is 7.61. The summed E-state index contributed by atoms with van der Waals surface area (Å²) in [4.78, 5) is 24.5. The van der Waals surface area contributed by atoms with Crippen molar-refractivity contribution in [2.75, 3.05) is 13.2 Å². The van der Waals surface area contributed by atoms with Gasteiger partial charge in [0.15, 0.2) is 0 Å². The zero-order valence-electron chi connectivity index (χ0n) is 13.0. The summed E-state index contributed by atoms with van der Waals surface area (Å²) in [5.41, 5.74) is 1.05. The molecule has 4 nitrogen and oxygen atoms in total. The molecule has 114 valence electrons. The van der Waals surface area contributed by atoms with Crippen LogP contribution in [0.4, 0.5) is 0 Å². The second kappa shape index (κ2) is 8.08. The maximum Gasteiger partial charge on any atom is 0.334 e. The van der Waals surface area contributed by atoms with Gasteiger partial charge < -0.3 is 9.47 Å². The molecular weight excluding hydrogens is 256 g/mol. The molecule has 1 aliphatic carbocycles. The Labute approximate surface area is 121 Å². The van der Waals surface area contributed by atoms with E-state index in [4.69, 9.17) is 9.47 Å². The Morgan fingerprint density at radius 3 is 1.95 bits per heavy atom. The molecule has 0 bridgehead atoms. The number of hydrogen-bond donors (Lipinski definition) is 0. The van der Waals surface area contributed by atoms with Crippen molar-refractivity contribution in [1.29, 1.82) is 0 Å². The van der Waals surface area contributed by atoms with Crippen molar-refractivity contribution >= 4 is 11.9 Å². The van der Waals surface area contributed by atoms with E-state index in [0.717, 1.165) is 25.7 Å². The highest BCUT2D eigenvalue weighted by molar-refractivity contribution is 6.01. The average molecular weight is 282 g/mol. The molecule has 0 aliphatic heterocycles. The van der Waals surface area contributed by atoms with Crippen LogP contribution >= 0.6 is 0 Å². The van der Waals surface area contributed by atoms with E-state index in [-0.39, 0.29) is 23.8 Å². The van der Waals surface area contributed by atoms with Gasteiger partial charge in [0, 0.05) is 0 Å². The van der Waals surface area contributed by atoms with E-state index in [2.05, 4.69) is 0 Å². The van der Waals surface area contributed by atoms with Gasteiger partial charge in [-0.2, -0.15) is 0 Å². The molecule has 1 rings (SSSR count). The number of hydrogen-bond acceptors (Lipinski definition) is 4. The van der Waals surface area contributed by atoms with Crippen LogP contribution in [0.25, 0.3) is 0 Å². The Hall–Kier alpha value is -1.32.